The molecule has 0 bridgehead atoms. The van der Waals surface area contributed by atoms with E-state index in [1.165, 1.54) is 11.1 Å². The summed E-state index contributed by atoms with van der Waals surface area (Å²) < 4.78 is 1.93. The van der Waals surface area contributed by atoms with Gasteiger partial charge in [0, 0.05) is 25.7 Å². The molecular weight excluding hydrogens is 398 g/mol. The first kappa shape index (κ1) is 20.4. The number of nitrogens with zero attached hydrogens (tertiary/aromatic N) is 3. The second-order valence-electron chi connectivity index (χ2n) is 7.72. The molecule has 0 saturated carbocycles. The van der Waals surface area contributed by atoms with Gasteiger partial charge in [-0.05, 0) is 37.5 Å². The Balaban J connectivity index is 1.33. The quantitative estimate of drug-likeness (QED) is 0.583. The van der Waals surface area contributed by atoms with Crippen LogP contribution in [0.2, 0.25) is 5.02 Å². The number of carbonyl (C=O) groups is 1. The summed E-state index contributed by atoms with van der Waals surface area (Å²) in [5.41, 5.74) is 3.23. The molecule has 2 aromatic carbocycles. The fourth-order valence-electron chi connectivity index (χ4n) is 3.93. The molecule has 6 nitrogen and oxygen atoms in total. The first-order valence-electron chi connectivity index (χ1n) is 10.2. The predicted octanol–water partition coefficient (Wildman–Crippen LogP) is 5.33. The average Bonchev–Trinajstić information content (AvgIpc) is 3.18. The number of piperidine rings is 1. The number of aryl methyl sites for hydroxylation is 1. The number of anilines is 2. The lowest BCUT2D eigenvalue weighted by Gasteiger charge is -2.32. The van der Waals surface area contributed by atoms with Gasteiger partial charge >= 0.3 is 6.03 Å². The first-order valence-corrected chi connectivity index (χ1v) is 10.6. The number of rotatable bonds is 5. The Morgan fingerprint density at radius 2 is 1.90 bits per heavy atom. The number of nitrogens with one attached hydrogen (secondary N) is 2. The van der Waals surface area contributed by atoms with Crippen molar-refractivity contribution in [1.29, 1.82) is 0 Å². The minimum Gasteiger partial charge on any atom is -0.306 e. The fraction of sp³-hybridized carbons (Fsp3) is 0.304. The van der Waals surface area contributed by atoms with Crippen molar-refractivity contribution in [2.24, 2.45) is 0 Å². The lowest BCUT2D eigenvalue weighted by molar-refractivity contribution is 0.174. The largest absolute Gasteiger partial charge is 0.324 e. The number of benzene rings is 2. The van der Waals surface area contributed by atoms with Crippen LogP contribution in [-0.4, -0.2) is 33.8 Å². The van der Waals surface area contributed by atoms with Crippen molar-refractivity contribution in [2.45, 2.75) is 32.4 Å². The molecule has 1 aliphatic rings. The third-order valence-electron chi connectivity index (χ3n) is 5.43. The third kappa shape index (κ3) is 5.01. The number of hydrogen-bond acceptors (Lipinski definition) is 3. The lowest BCUT2D eigenvalue weighted by Crippen LogP contribution is -2.35. The lowest BCUT2D eigenvalue weighted by atomic mass is 10.0. The van der Waals surface area contributed by atoms with Crippen LogP contribution in [0, 0.1) is 6.92 Å². The molecule has 3 aromatic rings. The maximum Gasteiger partial charge on any atom is 0.324 e. The fourth-order valence-corrected chi connectivity index (χ4v) is 4.11. The van der Waals surface area contributed by atoms with Crippen molar-refractivity contribution in [3.63, 3.8) is 0 Å². The molecule has 0 unspecified atom stereocenters. The summed E-state index contributed by atoms with van der Waals surface area (Å²) in [4.78, 5) is 14.9. The summed E-state index contributed by atoms with van der Waals surface area (Å²) in [5.74, 6) is 0.691. The van der Waals surface area contributed by atoms with Gasteiger partial charge in [-0.25, -0.2) is 9.48 Å². The monoisotopic (exact) mass is 423 g/mol. The van der Waals surface area contributed by atoms with Gasteiger partial charge in [0.25, 0.3) is 0 Å². The number of urea groups is 1. The minimum absolute atomic E-state index is 0.268. The number of carbonyl (C=O) groups excluding carboxylic acids is 1. The van der Waals surface area contributed by atoms with Gasteiger partial charge in [-0.2, -0.15) is 5.10 Å². The van der Waals surface area contributed by atoms with Gasteiger partial charge in [-0.15, -0.1) is 0 Å². The highest BCUT2D eigenvalue weighted by Gasteiger charge is 2.23. The number of para-hydroxylation sites is 1. The molecule has 4 rings (SSSR count). The van der Waals surface area contributed by atoms with Gasteiger partial charge in [-0.1, -0.05) is 53.6 Å². The van der Waals surface area contributed by atoms with Crippen LogP contribution in [0.25, 0.3) is 0 Å². The molecule has 1 saturated heterocycles. The first-order chi connectivity index (χ1) is 14.6. The topological polar surface area (TPSA) is 62.2 Å². The van der Waals surface area contributed by atoms with E-state index < -0.39 is 0 Å². The van der Waals surface area contributed by atoms with E-state index in [9.17, 15) is 4.79 Å². The van der Waals surface area contributed by atoms with Crippen LogP contribution in [0.3, 0.4) is 0 Å². The summed E-state index contributed by atoms with van der Waals surface area (Å²) >= 11 is 6.12. The maximum absolute atomic E-state index is 12.4. The van der Waals surface area contributed by atoms with Crippen LogP contribution in [-0.2, 0) is 6.54 Å². The Kier molecular flexibility index (Phi) is 6.35. The smallest absolute Gasteiger partial charge is 0.306 e. The number of hydrogen-bond donors (Lipinski definition) is 2. The van der Waals surface area contributed by atoms with E-state index in [-0.39, 0.29) is 12.1 Å². The third-order valence-corrected chi connectivity index (χ3v) is 5.76. The molecule has 0 spiro atoms. The minimum atomic E-state index is -0.332. The molecule has 30 heavy (non-hydrogen) atoms. The molecule has 0 aliphatic carbocycles. The van der Waals surface area contributed by atoms with Crippen LogP contribution in [0.15, 0.2) is 60.8 Å². The molecular formula is C23H26ClN5O. The van der Waals surface area contributed by atoms with Crippen molar-refractivity contribution in [3.8, 4) is 0 Å². The molecule has 1 aliphatic heterocycles. The predicted molar refractivity (Wildman–Crippen MR) is 121 cm³/mol. The van der Waals surface area contributed by atoms with Crippen molar-refractivity contribution in [1.82, 2.24) is 14.7 Å². The van der Waals surface area contributed by atoms with Crippen LogP contribution in [0.5, 0.6) is 0 Å². The molecule has 2 amide bonds. The highest BCUT2D eigenvalue weighted by molar-refractivity contribution is 6.33. The van der Waals surface area contributed by atoms with Crippen LogP contribution >= 0.6 is 11.6 Å². The van der Waals surface area contributed by atoms with E-state index in [1.807, 2.05) is 22.9 Å². The van der Waals surface area contributed by atoms with E-state index in [0.717, 1.165) is 32.5 Å². The zero-order chi connectivity index (χ0) is 20.9. The summed E-state index contributed by atoms with van der Waals surface area (Å²) in [7, 11) is 0. The van der Waals surface area contributed by atoms with Gasteiger partial charge in [0.1, 0.15) is 5.82 Å². The number of halogens is 1. The Bertz CT molecular complexity index is 1010. The number of likely N-dealkylation sites (tertiary alicyclic amines) is 1. The number of amides is 2. The van der Waals surface area contributed by atoms with E-state index >= 15 is 0 Å². The Hall–Kier alpha value is -2.83. The summed E-state index contributed by atoms with van der Waals surface area (Å²) in [6, 6.07) is 17.6. The van der Waals surface area contributed by atoms with Gasteiger partial charge in [0.15, 0.2) is 0 Å². The van der Waals surface area contributed by atoms with E-state index in [2.05, 4.69) is 51.8 Å². The summed E-state index contributed by atoms with van der Waals surface area (Å²) in [6.45, 7) is 5.11. The second kappa shape index (κ2) is 9.32. The SMILES string of the molecule is Cc1cccc(CN2CCC(n3nccc3NC(=O)Nc3ccccc3Cl)CC2)c1. The van der Waals surface area contributed by atoms with Gasteiger partial charge in [-0.3, -0.25) is 10.2 Å². The van der Waals surface area contributed by atoms with Crippen molar-refractivity contribution in [2.75, 3.05) is 23.7 Å². The van der Waals surface area contributed by atoms with E-state index in [0.29, 0.717) is 16.5 Å². The van der Waals surface area contributed by atoms with Gasteiger partial charge in [0.2, 0.25) is 0 Å². The van der Waals surface area contributed by atoms with Crippen LogP contribution < -0.4 is 10.6 Å². The normalized spacial score (nSPS) is 15.1. The van der Waals surface area contributed by atoms with Crippen molar-refractivity contribution in [3.05, 3.63) is 76.9 Å². The zero-order valence-electron chi connectivity index (χ0n) is 17.0. The highest BCUT2D eigenvalue weighted by atomic mass is 35.5. The summed E-state index contributed by atoms with van der Waals surface area (Å²) in [5, 5.41) is 10.7. The molecule has 156 valence electrons. The van der Waals surface area contributed by atoms with Crippen LogP contribution in [0.4, 0.5) is 16.3 Å². The van der Waals surface area contributed by atoms with Crippen molar-refractivity contribution < 1.29 is 4.79 Å². The highest BCUT2D eigenvalue weighted by Crippen LogP contribution is 2.27. The van der Waals surface area contributed by atoms with E-state index in [1.54, 1.807) is 18.3 Å². The molecule has 7 heteroatoms. The molecule has 2 N–H and O–H groups in total. The molecule has 1 fully saturated rings. The van der Waals surface area contributed by atoms with E-state index in [4.69, 9.17) is 11.6 Å². The Morgan fingerprint density at radius 1 is 1.10 bits per heavy atom. The van der Waals surface area contributed by atoms with Crippen molar-refractivity contribution >= 4 is 29.1 Å². The standard InChI is InChI=1S/C23H26ClN5O/c1-17-5-4-6-18(15-17)16-28-13-10-19(11-14-28)29-22(9-12-25-29)27-23(30)26-21-8-3-2-7-20(21)24/h2-9,12,15,19H,10-11,13-14,16H2,1H3,(H2,26,27,30). The molecule has 0 radical (unpaired) electrons. The maximum atomic E-state index is 12.4. The number of aromatic nitrogens is 2. The van der Waals surface area contributed by atoms with Gasteiger partial charge in [0.05, 0.1) is 22.9 Å². The molecule has 1 aromatic heterocycles. The summed E-state index contributed by atoms with van der Waals surface area (Å²) in [6.07, 6.45) is 3.72. The molecule has 0 atom stereocenters. The van der Waals surface area contributed by atoms with Gasteiger partial charge < -0.3 is 5.32 Å². The van der Waals surface area contributed by atoms with Crippen LogP contribution in [0.1, 0.15) is 30.0 Å². The molecule has 2 heterocycles. The average molecular weight is 424 g/mol. The second-order valence-corrected chi connectivity index (χ2v) is 8.12. The Morgan fingerprint density at radius 3 is 2.67 bits per heavy atom. The zero-order valence-corrected chi connectivity index (χ0v) is 17.8. The Labute approximate surface area is 181 Å².